The Morgan fingerprint density at radius 1 is 1.14 bits per heavy atom. The molecule has 0 aliphatic carbocycles. The molecular weight excluding hydrogens is 176 g/mol. The van der Waals surface area contributed by atoms with E-state index in [-0.39, 0.29) is 5.97 Å². The summed E-state index contributed by atoms with van der Waals surface area (Å²) in [5.74, 6) is 0.644. The summed E-state index contributed by atoms with van der Waals surface area (Å²) in [5, 5.41) is 0. The van der Waals surface area contributed by atoms with Crippen LogP contribution in [-0.2, 0) is 9.53 Å². The topological polar surface area (TPSA) is 26.3 Å². The van der Waals surface area contributed by atoms with E-state index in [1.54, 1.807) is 0 Å². The van der Waals surface area contributed by atoms with Crippen LogP contribution in [0.25, 0.3) is 0 Å². The Morgan fingerprint density at radius 2 is 1.79 bits per heavy atom. The van der Waals surface area contributed by atoms with Gasteiger partial charge in [0.2, 0.25) is 0 Å². The highest BCUT2D eigenvalue weighted by molar-refractivity contribution is 5.70. The lowest BCUT2D eigenvalue weighted by Crippen LogP contribution is -2.02. The molecule has 0 spiro atoms. The van der Waals surface area contributed by atoms with Gasteiger partial charge in [-0.25, -0.2) is 0 Å². The molecule has 0 radical (unpaired) electrons. The summed E-state index contributed by atoms with van der Waals surface area (Å²) in [6.45, 7) is 7.90. The third kappa shape index (κ3) is 5.79. The van der Waals surface area contributed by atoms with Crippen molar-refractivity contribution in [1.29, 1.82) is 0 Å². The average molecular weight is 198 g/mol. The number of esters is 1. The standard InChI is InChI=1S/C12H22O2/c1-5-7-8-9-10(3)11(4)14-12(13)6-2/h5-9H2,1-4H3/b11-10+. The molecule has 0 rings (SSSR count). The Balaban J connectivity index is 3.95. The van der Waals surface area contributed by atoms with Crippen molar-refractivity contribution in [2.75, 3.05) is 0 Å². The molecule has 0 amide bonds. The van der Waals surface area contributed by atoms with Gasteiger partial charge in [0, 0.05) is 6.42 Å². The summed E-state index contributed by atoms with van der Waals surface area (Å²) in [6, 6.07) is 0. The molecule has 0 fully saturated rings. The van der Waals surface area contributed by atoms with Gasteiger partial charge in [0.25, 0.3) is 0 Å². The summed E-state index contributed by atoms with van der Waals surface area (Å²) >= 11 is 0. The maximum atomic E-state index is 11.0. The van der Waals surface area contributed by atoms with Crippen LogP contribution in [0.4, 0.5) is 0 Å². The lowest BCUT2D eigenvalue weighted by atomic mass is 10.1. The van der Waals surface area contributed by atoms with Crippen LogP contribution in [0.1, 0.15) is 59.8 Å². The van der Waals surface area contributed by atoms with Crippen molar-refractivity contribution in [1.82, 2.24) is 0 Å². The molecule has 14 heavy (non-hydrogen) atoms. The Morgan fingerprint density at radius 3 is 2.29 bits per heavy atom. The van der Waals surface area contributed by atoms with Gasteiger partial charge in [-0.05, 0) is 32.3 Å². The Hall–Kier alpha value is -0.790. The van der Waals surface area contributed by atoms with Crippen molar-refractivity contribution in [2.24, 2.45) is 0 Å². The molecule has 0 aromatic heterocycles. The fourth-order valence-electron chi connectivity index (χ4n) is 1.15. The van der Waals surface area contributed by atoms with Crippen LogP contribution >= 0.6 is 0 Å². The number of carbonyl (C=O) groups excluding carboxylic acids is 1. The van der Waals surface area contributed by atoms with Gasteiger partial charge >= 0.3 is 5.97 Å². The van der Waals surface area contributed by atoms with E-state index in [0.717, 1.165) is 12.2 Å². The zero-order chi connectivity index (χ0) is 11.0. The predicted molar refractivity (Wildman–Crippen MR) is 58.9 cm³/mol. The average Bonchev–Trinajstić information content (AvgIpc) is 2.17. The first kappa shape index (κ1) is 13.2. The van der Waals surface area contributed by atoms with Gasteiger partial charge < -0.3 is 4.74 Å². The zero-order valence-electron chi connectivity index (χ0n) is 9.85. The number of ether oxygens (including phenoxy) is 1. The van der Waals surface area contributed by atoms with Gasteiger partial charge in [-0.2, -0.15) is 0 Å². The molecule has 0 atom stereocenters. The van der Waals surface area contributed by atoms with Gasteiger partial charge in [0.1, 0.15) is 5.76 Å². The molecule has 0 bridgehead atoms. The van der Waals surface area contributed by atoms with Crippen LogP contribution in [0.3, 0.4) is 0 Å². The van der Waals surface area contributed by atoms with E-state index in [1.807, 2.05) is 20.8 Å². The highest BCUT2D eigenvalue weighted by atomic mass is 16.5. The second-order valence-corrected chi connectivity index (χ2v) is 3.62. The molecule has 82 valence electrons. The summed E-state index contributed by atoms with van der Waals surface area (Å²) in [4.78, 5) is 11.0. The third-order valence-corrected chi connectivity index (χ3v) is 2.31. The molecule has 0 unspecified atom stereocenters. The van der Waals surface area contributed by atoms with E-state index in [2.05, 4.69) is 6.92 Å². The molecule has 0 aliphatic rings. The maximum Gasteiger partial charge on any atom is 0.310 e. The second-order valence-electron chi connectivity index (χ2n) is 3.62. The Labute approximate surface area is 87.3 Å². The molecule has 0 aromatic carbocycles. The molecule has 0 N–H and O–H groups in total. The van der Waals surface area contributed by atoms with Crippen molar-refractivity contribution in [3.05, 3.63) is 11.3 Å². The molecular formula is C12H22O2. The molecule has 0 saturated heterocycles. The lowest BCUT2D eigenvalue weighted by molar-refractivity contribution is -0.139. The van der Waals surface area contributed by atoms with E-state index in [1.165, 1.54) is 24.8 Å². The van der Waals surface area contributed by atoms with Crippen LogP contribution < -0.4 is 0 Å². The predicted octanol–water partition coefficient (Wildman–Crippen LogP) is 3.81. The fourth-order valence-corrected chi connectivity index (χ4v) is 1.15. The minimum absolute atomic E-state index is 0.141. The molecule has 0 aromatic rings. The monoisotopic (exact) mass is 198 g/mol. The SMILES string of the molecule is CCCCC/C(C)=C(\C)OC(=O)CC. The molecule has 0 heterocycles. The number of hydrogen-bond acceptors (Lipinski definition) is 2. The van der Waals surface area contributed by atoms with Gasteiger partial charge in [-0.3, -0.25) is 4.79 Å². The van der Waals surface area contributed by atoms with E-state index in [9.17, 15) is 4.79 Å². The van der Waals surface area contributed by atoms with Gasteiger partial charge in [-0.15, -0.1) is 0 Å². The highest BCUT2D eigenvalue weighted by Crippen LogP contribution is 2.14. The molecule has 0 saturated carbocycles. The lowest BCUT2D eigenvalue weighted by Gasteiger charge is -2.07. The summed E-state index contributed by atoms with van der Waals surface area (Å²) in [6.07, 6.45) is 5.13. The fraction of sp³-hybridized carbons (Fsp3) is 0.750. The first-order valence-electron chi connectivity index (χ1n) is 5.48. The molecule has 2 nitrogen and oxygen atoms in total. The van der Waals surface area contributed by atoms with Gasteiger partial charge in [0.05, 0.1) is 0 Å². The first-order valence-corrected chi connectivity index (χ1v) is 5.48. The van der Waals surface area contributed by atoms with Crippen molar-refractivity contribution >= 4 is 5.97 Å². The summed E-state index contributed by atoms with van der Waals surface area (Å²) in [7, 11) is 0. The van der Waals surface area contributed by atoms with Crippen molar-refractivity contribution < 1.29 is 9.53 Å². The summed E-state index contributed by atoms with van der Waals surface area (Å²) < 4.78 is 5.13. The Bertz CT molecular complexity index is 204. The van der Waals surface area contributed by atoms with Crippen LogP contribution in [0.2, 0.25) is 0 Å². The van der Waals surface area contributed by atoms with Gasteiger partial charge in [0.15, 0.2) is 0 Å². The van der Waals surface area contributed by atoms with E-state index in [4.69, 9.17) is 4.74 Å². The summed E-state index contributed by atoms with van der Waals surface area (Å²) in [5.41, 5.74) is 1.19. The number of rotatable bonds is 6. The van der Waals surface area contributed by atoms with Crippen LogP contribution in [-0.4, -0.2) is 5.97 Å². The maximum absolute atomic E-state index is 11.0. The Kier molecular flexibility index (Phi) is 7.17. The van der Waals surface area contributed by atoms with E-state index in [0.29, 0.717) is 6.42 Å². The molecule has 0 aliphatic heterocycles. The van der Waals surface area contributed by atoms with Crippen molar-refractivity contribution in [3.63, 3.8) is 0 Å². The third-order valence-electron chi connectivity index (χ3n) is 2.31. The zero-order valence-corrected chi connectivity index (χ0v) is 9.85. The minimum atomic E-state index is -0.141. The van der Waals surface area contributed by atoms with Crippen LogP contribution in [0, 0.1) is 0 Å². The number of carbonyl (C=O) groups is 1. The van der Waals surface area contributed by atoms with Crippen LogP contribution in [0.15, 0.2) is 11.3 Å². The first-order chi connectivity index (χ1) is 6.61. The second kappa shape index (κ2) is 7.60. The number of hydrogen-bond donors (Lipinski definition) is 0. The number of allylic oxidation sites excluding steroid dienone is 2. The molecule has 2 heteroatoms. The van der Waals surface area contributed by atoms with Crippen LogP contribution in [0.5, 0.6) is 0 Å². The minimum Gasteiger partial charge on any atom is -0.431 e. The quantitative estimate of drug-likeness (QED) is 0.368. The number of unbranched alkanes of at least 4 members (excludes halogenated alkanes) is 2. The van der Waals surface area contributed by atoms with Crippen molar-refractivity contribution in [3.8, 4) is 0 Å². The smallest absolute Gasteiger partial charge is 0.310 e. The van der Waals surface area contributed by atoms with E-state index < -0.39 is 0 Å². The van der Waals surface area contributed by atoms with E-state index >= 15 is 0 Å². The largest absolute Gasteiger partial charge is 0.431 e. The van der Waals surface area contributed by atoms with Crippen molar-refractivity contribution in [2.45, 2.75) is 59.8 Å². The van der Waals surface area contributed by atoms with Gasteiger partial charge in [-0.1, -0.05) is 26.7 Å². The normalized spacial score (nSPS) is 12.3. The highest BCUT2D eigenvalue weighted by Gasteiger charge is 2.03.